The number of carbonyl (C=O) groups excluding carboxylic acids is 1. The third-order valence-electron chi connectivity index (χ3n) is 3.99. The van der Waals surface area contributed by atoms with Crippen LogP contribution in [0.1, 0.15) is 38.5 Å². The smallest absolute Gasteiger partial charge is 0.161 e. The van der Waals surface area contributed by atoms with Crippen molar-refractivity contribution >= 4 is 5.78 Å². The highest BCUT2D eigenvalue weighted by atomic mass is 16.6. The Morgan fingerprint density at radius 2 is 2.07 bits per heavy atom. The highest BCUT2D eigenvalue weighted by Gasteiger charge is 2.54. The molecular formula is C13H18O2. The maximum Gasteiger partial charge on any atom is 0.161 e. The zero-order valence-corrected chi connectivity index (χ0v) is 9.08. The van der Waals surface area contributed by atoms with Crippen molar-refractivity contribution in [3.8, 4) is 0 Å². The molecule has 3 aliphatic rings. The van der Waals surface area contributed by atoms with E-state index >= 15 is 0 Å². The number of ketones is 1. The Morgan fingerprint density at radius 3 is 2.73 bits per heavy atom. The first-order valence-electron chi connectivity index (χ1n) is 6.16. The van der Waals surface area contributed by atoms with Gasteiger partial charge in [-0.3, -0.25) is 4.79 Å². The van der Waals surface area contributed by atoms with E-state index in [4.69, 9.17) is 4.74 Å². The van der Waals surface area contributed by atoms with Gasteiger partial charge >= 0.3 is 0 Å². The second-order valence-corrected chi connectivity index (χ2v) is 5.25. The minimum atomic E-state index is -0.0246. The Morgan fingerprint density at radius 1 is 1.27 bits per heavy atom. The van der Waals surface area contributed by atoms with Gasteiger partial charge in [0.05, 0.1) is 12.5 Å². The number of hydrogen-bond acceptors (Lipinski definition) is 2. The zero-order chi connectivity index (χ0) is 10.3. The molecule has 0 bridgehead atoms. The van der Waals surface area contributed by atoms with Crippen LogP contribution in [0.15, 0.2) is 12.2 Å². The first-order chi connectivity index (χ1) is 7.30. The lowest BCUT2D eigenvalue weighted by atomic mass is 9.77. The number of epoxide rings is 1. The van der Waals surface area contributed by atoms with E-state index in [1.165, 1.54) is 25.7 Å². The summed E-state index contributed by atoms with van der Waals surface area (Å²) in [4.78, 5) is 12.0. The normalized spacial score (nSPS) is 39.9. The van der Waals surface area contributed by atoms with E-state index in [0.717, 1.165) is 19.4 Å². The molecule has 0 aromatic carbocycles. The van der Waals surface area contributed by atoms with Gasteiger partial charge in [-0.05, 0) is 37.7 Å². The van der Waals surface area contributed by atoms with Crippen LogP contribution in [0.3, 0.4) is 0 Å². The number of rotatable bonds is 3. The molecule has 2 unspecified atom stereocenters. The van der Waals surface area contributed by atoms with Crippen LogP contribution in [0.5, 0.6) is 0 Å². The third-order valence-corrected chi connectivity index (χ3v) is 3.99. The van der Waals surface area contributed by atoms with Gasteiger partial charge in [0.25, 0.3) is 0 Å². The van der Waals surface area contributed by atoms with E-state index in [1.807, 2.05) is 6.08 Å². The van der Waals surface area contributed by atoms with Crippen LogP contribution in [-0.4, -0.2) is 18.0 Å². The zero-order valence-electron chi connectivity index (χ0n) is 9.08. The molecule has 3 rings (SSSR count). The molecule has 2 saturated carbocycles. The number of ether oxygens (including phenoxy) is 1. The van der Waals surface area contributed by atoms with E-state index in [2.05, 4.69) is 6.08 Å². The quantitative estimate of drug-likeness (QED) is 0.524. The van der Waals surface area contributed by atoms with E-state index in [9.17, 15) is 4.79 Å². The lowest BCUT2D eigenvalue weighted by Gasteiger charge is -2.26. The van der Waals surface area contributed by atoms with Gasteiger partial charge in [0.15, 0.2) is 5.78 Å². The molecule has 0 radical (unpaired) electrons. The Labute approximate surface area is 90.7 Å². The summed E-state index contributed by atoms with van der Waals surface area (Å²) in [7, 11) is 0. The van der Waals surface area contributed by atoms with Crippen LogP contribution >= 0.6 is 0 Å². The van der Waals surface area contributed by atoms with Crippen molar-refractivity contribution in [1.82, 2.24) is 0 Å². The summed E-state index contributed by atoms with van der Waals surface area (Å²) in [5.41, 5.74) is -0.0246. The van der Waals surface area contributed by atoms with E-state index in [1.54, 1.807) is 0 Å². The first kappa shape index (κ1) is 9.59. The van der Waals surface area contributed by atoms with Crippen LogP contribution < -0.4 is 0 Å². The highest BCUT2D eigenvalue weighted by Crippen LogP contribution is 2.46. The molecule has 2 atom stereocenters. The molecule has 0 aromatic rings. The molecule has 0 aromatic heterocycles. The van der Waals surface area contributed by atoms with Crippen LogP contribution in [0, 0.1) is 11.8 Å². The van der Waals surface area contributed by atoms with Gasteiger partial charge in [-0.25, -0.2) is 0 Å². The van der Waals surface area contributed by atoms with E-state index < -0.39 is 0 Å². The fraction of sp³-hybridized carbons (Fsp3) is 0.769. The van der Waals surface area contributed by atoms with Crippen LogP contribution in [-0.2, 0) is 9.53 Å². The molecule has 1 aliphatic heterocycles. The molecule has 82 valence electrons. The van der Waals surface area contributed by atoms with Crippen LogP contribution in [0.2, 0.25) is 0 Å². The van der Waals surface area contributed by atoms with Crippen molar-refractivity contribution in [2.24, 2.45) is 11.8 Å². The van der Waals surface area contributed by atoms with Crippen molar-refractivity contribution in [2.45, 2.75) is 44.1 Å². The average molecular weight is 206 g/mol. The third kappa shape index (κ3) is 1.87. The van der Waals surface area contributed by atoms with Gasteiger partial charge in [0.2, 0.25) is 0 Å². The van der Waals surface area contributed by atoms with Crippen molar-refractivity contribution < 1.29 is 9.53 Å². The number of hydrogen-bond donors (Lipinski definition) is 0. The molecule has 2 heteroatoms. The molecule has 3 fully saturated rings. The monoisotopic (exact) mass is 206 g/mol. The van der Waals surface area contributed by atoms with Gasteiger partial charge in [-0.2, -0.15) is 0 Å². The van der Waals surface area contributed by atoms with Gasteiger partial charge in [0.1, 0.15) is 5.60 Å². The summed E-state index contributed by atoms with van der Waals surface area (Å²) in [5, 5.41) is 0. The second kappa shape index (κ2) is 3.44. The SMILES string of the molecule is O=C(/C=C/C1CC1)C1CCCCC12CO2. The molecule has 2 nitrogen and oxygen atoms in total. The molecule has 1 saturated heterocycles. The van der Waals surface area contributed by atoms with Gasteiger partial charge in [-0.1, -0.05) is 18.9 Å². The molecule has 1 spiro atoms. The van der Waals surface area contributed by atoms with Gasteiger partial charge in [0, 0.05) is 0 Å². The van der Waals surface area contributed by atoms with Crippen LogP contribution in [0.4, 0.5) is 0 Å². The summed E-state index contributed by atoms with van der Waals surface area (Å²) in [6.45, 7) is 0.820. The lowest BCUT2D eigenvalue weighted by molar-refractivity contribution is -0.121. The number of carbonyl (C=O) groups is 1. The molecule has 1 heterocycles. The fourth-order valence-corrected chi connectivity index (χ4v) is 2.69. The lowest BCUT2D eigenvalue weighted by Crippen LogP contribution is -2.33. The predicted octanol–water partition coefficient (Wildman–Crippen LogP) is 2.48. The summed E-state index contributed by atoms with van der Waals surface area (Å²) in [5.74, 6) is 1.19. The Balaban J connectivity index is 1.66. The summed E-state index contributed by atoms with van der Waals surface area (Å²) >= 11 is 0. The number of allylic oxidation sites excluding steroid dienone is 2. The van der Waals surface area contributed by atoms with Crippen molar-refractivity contribution in [3.05, 3.63) is 12.2 Å². The first-order valence-corrected chi connectivity index (χ1v) is 6.16. The highest BCUT2D eigenvalue weighted by molar-refractivity contribution is 5.93. The van der Waals surface area contributed by atoms with Gasteiger partial charge in [-0.15, -0.1) is 0 Å². The van der Waals surface area contributed by atoms with E-state index in [-0.39, 0.29) is 11.5 Å². The topological polar surface area (TPSA) is 29.6 Å². The molecule has 15 heavy (non-hydrogen) atoms. The fourth-order valence-electron chi connectivity index (χ4n) is 2.69. The standard InChI is InChI=1S/C13H18O2/c14-12(7-6-10-4-5-10)11-3-1-2-8-13(11)9-15-13/h6-7,10-11H,1-5,8-9H2/b7-6+. The summed E-state index contributed by atoms with van der Waals surface area (Å²) in [6, 6.07) is 0. The van der Waals surface area contributed by atoms with Gasteiger partial charge < -0.3 is 4.74 Å². The molecule has 0 amide bonds. The second-order valence-electron chi connectivity index (χ2n) is 5.25. The minimum absolute atomic E-state index is 0.0246. The van der Waals surface area contributed by atoms with E-state index in [0.29, 0.717) is 11.7 Å². The Bertz CT molecular complexity index is 298. The summed E-state index contributed by atoms with van der Waals surface area (Å²) in [6.07, 6.45) is 11.0. The molecule has 0 N–H and O–H groups in total. The Kier molecular flexibility index (Phi) is 2.20. The van der Waals surface area contributed by atoms with Crippen molar-refractivity contribution in [2.75, 3.05) is 6.61 Å². The summed E-state index contributed by atoms with van der Waals surface area (Å²) < 4.78 is 5.54. The Hall–Kier alpha value is -0.630. The molecule has 2 aliphatic carbocycles. The largest absolute Gasteiger partial charge is 0.369 e. The molecular weight excluding hydrogens is 188 g/mol. The van der Waals surface area contributed by atoms with Crippen molar-refractivity contribution in [1.29, 1.82) is 0 Å². The van der Waals surface area contributed by atoms with Crippen molar-refractivity contribution in [3.63, 3.8) is 0 Å². The maximum absolute atomic E-state index is 12.0. The predicted molar refractivity (Wildman–Crippen MR) is 57.5 cm³/mol. The minimum Gasteiger partial charge on any atom is -0.369 e. The average Bonchev–Trinajstić information content (AvgIpc) is 3.12. The van der Waals surface area contributed by atoms with Crippen LogP contribution in [0.25, 0.3) is 0 Å². The maximum atomic E-state index is 12.0.